The number of nitrogens with zero attached hydrogens (tertiary/aromatic N) is 3. The number of aryl methyl sites for hydroxylation is 2. The summed E-state index contributed by atoms with van der Waals surface area (Å²) in [6.45, 7) is 3.10. The minimum Gasteiger partial charge on any atom is -0.343 e. The molecule has 0 atom stereocenters. The smallest absolute Gasteiger partial charge is 0.228 e. The number of hydrogen-bond donors (Lipinski definition) is 1. The van der Waals surface area contributed by atoms with E-state index in [0.29, 0.717) is 43.2 Å². The number of hydrogen-bond acceptors (Lipinski definition) is 3. The summed E-state index contributed by atoms with van der Waals surface area (Å²) in [6.07, 6.45) is 2.56. The fourth-order valence-corrected chi connectivity index (χ4v) is 4.25. The average Bonchev–Trinajstić information content (AvgIpc) is 3.18. The van der Waals surface area contributed by atoms with Crippen LogP contribution < -0.4 is 5.32 Å². The minimum atomic E-state index is -0.129. The SMILES string of the molecule is Cc1cc(NC(=O)C2CCN(C(=O)CCc3ccccc3)CC2)n(-c2cccc(Cl)c2)n1. The number of nitrogens with one attached hydrogen (secondary N) is 1. The molecule has 1 aliphatic heterocycles. The summed E-state index contributed by atoms with van der Waals surface area (Å²) in [6, 6.07) is 19.2. The summed E-state index contributed by atoms with van der Waals surface area (Å²) in [4.78, 5) is 27.4. The summed E-state index contributed by atoms with van der Waals surface area (Å²) < 4.78 is 1.70. The van der Waals surface area contributed by atoms with Crippen LogP contribution in [0.3, 0.4) is 0 Å². The zero-order valence-electron chi connectivity index (χ0n) is 18.1. The minimum absolute atomic E-state index is 0.0374. The molecule has 3 aromatic rings. The first-order valence-electron chi connectivity index (χ1n) is 10.9. The molecule has 2 amide bonds. The van der Waals surface area contributed by atoms with Gasteiger partial charge in [-0.2, -0.15) is 5.10 Å². The molecule has 0 unspecified atom stereocenters. The Bertz CT molecular complexity index is 1090. The van der Waals surface area contributed by atoms with E-state index in [9.17, 15) is 9.59 Å². The van der Waals surface area contributed by atoms with E-state index in [0.717, 1.165) is 17.8 Å². The van der Waals surface area contributed by atoms with Crippen molar-refractivity contribution in [3.05, 3.63) is 76.9 Å². The Hall–Kier alpha value is -3.12. The van der Waals surface area contributed by atoms with E-state index in [4.69, 9.17) is 11.6 Å². The molecule has 1 aromatic heterocycles. The number of anilines is 1. The van der Waals surface area contributed by atoms with Crippen LogP contribution in [0.2, 0.25) is 5.02 Å². The van der Waals surface area contributed by atoms with E-state index in [1.807, 2.05) is 66.4 Å². The van der Waals surface area contributed by atoms with E-state index in [2.05, 4.69) is 10.4 Å². The van der Waals surface area contributed by atoms with Gasteiger partial charge in [-0.3, -0.25) is 9.59 Å². The number of halogens is 1. The first-order chi connectivity index (χ1) is 15.5. The lowest BCUT2D eigenvalue weighted by Crippen LogP contribution is -2.41. The maximum Gasteiger partial charge on any atom is 0.228 e. The lowest BCUT2D eigenvalue weighted by molar-refractivity contribution is -0.134. The van der Waals surface area contributed by atoms with Gasteiger partial charge < -0.3 is 10.2 Å². The van der Waals surface area contributed by atoms with Crippen molar-refractivity contribution >= 4 is 29.2 Å². The number of benzene rings is 2. The van der Waals surface area contributed by atoms with E-state index < -0.39 is 0 Å². The molecule has 1 fully saturated rings. The molecule has 2 heterocycles. The van der Waals surface area contributed by atoms with E-state index >= 15 is 0 Å². The van der Waals surface area contributed by atoms with Crippen LogP contribution >= 0.6 is 11.6 Å². The van der Waals surface area contributed by atoms with Gasteiger partial charge in [0.15, 0.2) is 0 Å². The highest BCUT2D eigenvalue weighted by molar-refractivity contribution is 6.30. The quantitative estimate of drug-likeness (QED) is 0.594. The number of carbonyl (C=O) groups is 2. The zero-order chi connectivity index (χ0) is 22.5. The molecule has 0 radical (unpaired) electrons. The van der Waals surface area contributed by atoms with Gasteiger partial charge in [0, 0.05) is 36.5 Å². The molecule has 166 valence electrons. The first-order valence-corrected chi connectivity index (χ1v) is 11.3. The maximum absolute atomic E-state index is 12.9. The van der Waals surface area contributed by atoms with Crippen molar-refractivity contribution in [2.75, 3.05) is 18.4 Å². The van der Waals surface area contributed by atoms with E-state index in [1.165, 1.54) is 5.56 Å². The van der Waals surface area contributed by atoms with Crippen molar-refractivity contribution in [2.45, 2.75) is 32.6 Å². The third-order valence-corrected chi connectivity index (χ3v) is 6.06. The Morgan fingerprint density at radius 3 is 2.53 bits per heavy atom. The molecule has 4 rings (SSSR count). The molecule has 0 bridgehead atoms. The van der Waals surface area contributed by atoms with Gasteiger partial charge in [-0.05, 0) is 49.9 Å². The van der Waals surface area contributed by atoms with E-state index in [-0.39, 0.29) is 17.7 Å². The number of rotatable bonds is 6. The Balaban J connectivity index is 1.32. The summed E-state index contributed by atoms with van der Waals surface area (Å²) in [5.74, 6) is 0.610. The molecular weight excluding hydrogens is 424 g/mol. The highest BCUT2D eigenvalue weighted by Gasteiger charge is 2.28. The lowest BCUT2D eigenvalue weighted by atomic mass is 9.95. The summed E-state index contributed by atoms with van der Waals surface area (Å²) in [7, 11) is 0. The van der Waals surface area contributed by atoms with Gasteiger partial charge in [0.2, 0.25) is 11.8 Å². The van der Waals surface area contributed by atoms with Gasteiger partial charge in [0.1, 0.15) is 5.82 Å². The molecule has 7 heteroatoms. The van der Waals surface area contributed by atoms with E-state index in [1.54, 1.807) is 10.7 Å². The third kappa shape index (κ3) is 5.37. The molecular formula is C25H27ClN4O2. The Morgan fingerprint density at radius 2 is 1.81 bits per heavy atom. The van der Waals surface area contributed by atoms with Crippen LogP contribution in [-0.4, -0.2) is 39.6 Å². The first kappa shape index (κ1) is 22.1. The average molecular weight is 451 g/mol. The molecule has 0 aliphatic carbocycles. The monoisotopic (exact) mass is 450 g/mol. The Morgan fingerprint density at radius 1 is 1.06 bits per heavy atom. The Kier molecular flexibility index (Phi) is 6.90. The van der Waals surface area contributed by atoms with Crippen molar-refractivity contribution < 1.29 is 9.59 Å². The van der Waals surface area contributed by atoms with Crippen molar-refractivity contribution in [3.8, 4) is 5.69 Å². The molecule has 2 aromatic carbocycles. The fraction of sp³-hybridized carbons (Fsp3) is 0.320. The van der Waals surface area contributed by atoms with Gasteiger partial charge in [-0.25, -0.2) is 4.68 Å². The van der Waals surface area contributed by atoms with Gasteiger partial charge in [-0.1, -0.05) is 48.0 Å². The van der Waals surface area contributed by atoms with Crippen LogP contribution in [0.25, 0.3) is 5.69 Å². The van der Waals surface area contributed by atoms with Gasteiger partial charge in [-0.15, -0.1) is 0 Å². The second-order valence-corrected chi connectivity index (χ2v) is 8.63. The highest BCUT2D eigenvalue weighted by Crippen LogP contribution is 2.23. The molecule has 6 nitrogen and oxygen atoms in total. The lowest BCUT2D eigenvalue weighted by Gasteiger charge is -2.31. The molecule has 32 heavy (non-hydrogen) atoms. The summed E-state index contributed by atoms with van der Waals surface area (Å²) >= 11 is 6.12. The number of aromatic nitrogens is 2. The van der Waals surface area contributed by atoms with Crippen LogP contribution in [0.1, 0.15) is 30.5 Å². The second-order valence-electron chi connectivity index (χ2n) is 8.19. The number of likely N-dealkylation sites (tertiary alicyclic amines) is 1. The van der Waals surface area contributed by atoms with Crippen molar-refractivity contribution in [2.24, 2.45) is 5.92 Å². The molecule has 1 N–H and O–H groups in total. The van der Waals surface area contributed by atoms with Crippen LogP contribution in [0.4, 0.5) is 5.82 Å². The third-order valence-electron chi connectivity index (χ3n) is 5.82. The second kappa shape index (κ2) is 10.0. The van der Waals surface area contributed by atoms with Gasteiger partial charge in [0.25, 0.3) is 0 Å². The number of piperidine rings is 1. The maximum atomic E-state index is 12.9. The fourth-order valence-electron chi connectivity index (χ4n) is 4.07. The van der Waals surface area contributed by atoms with Crippen molar-refractivity contribution in [1.29, 1.82) is 0 Å². The summed E-state index contributed by atoms with van der Waals surface area (Å²) in [5.41, 5.74) is 2.76. The topological polar surface area (TPSA) is 67.2 Å². The number of amides is 2. The van der Waals surface area contributed by atoms with Crippen LogP contribution in [-0.2, 0) is 16.0 Å². The predicted molar refractivity (Wildman–Crippen MR) is 126 cm³/mol. The Labute approximate surface area is 193 Å². The van der Waals surface area contributed by atoms with Crippen LogP contribution in [0.15, 0.2) is 60.7 Å². The standard InChI is InChI=1S/C25H27ClN4O2/c1-18-16-23(30(28-18)22-9-5-8-21(26)17-22)27-25(32)20-12-14-29(15-13-20)24(31)11-10-19-6-3-2-4-7-19/h2-9,16-17,20H,10-15H2,1H3,(H,27,32). The van der Waals surface area contributed by atoms with Gasteiger partial charge >= 0.3 is 0 Å². The normalized spacial score (nSPS) is 14.4. The summed E-state index contributed by atoms with van der Waals surface area (Å²) in [5, 5.41) is 8.12. The molecule has 1 saturated heterocycles. The van der Waals surface area contributed by atoms with Crippen LogP contribution in [0.5, 0.6) is 0 Å². The molecule has 0 saturated carbocycles. The molecule has 0 spiro atoms. The van der Waals surface area contributed by atoms with Gasteiger partial charge in [0.05, 0.1) is 11.4 Å². The predicted octanol–water partition coefficient (Wildman–Crippen LogP) is 4.64. The number of carbonyl (C=O) groups excluding carboxylic acids is 2. The molecule has 1 aliphatic rings. The largest absolute Gasteiger partial charge is 0.343 e. The van der Waals surface area contributed by atoms with Crippen molar-refractivity contribution in [3.63, 3.8) is 0 Å². The zero-order valence-corrected chi connectivity index (χ0v) is 18.9. The van der Waals surface area contributed by atoms with Crippen molar-refractivity contribution in [1.82, 2.24) is 14.7 Å². The van der Waals surface area contributed by atoms with Crippen LogP contribution in [0, 0.1) is 12.8 Å². The highest BCUT2D eigenvalue weighted by atomic mass is 35.5.